The van der Waals surface area contributed by atoms with E-state index < -0.39 is 6.04 Å². The molecule has 27 heavy (non-hydrogen) atoms. The molecule has 0 aromatic heterocycles. The van der Waals surface area contributed by atoms with E-state index in [0.717, 1.165) is 25.7 Å². The molecular formula is C19H22N2O6. The van der Waals surface area contributed by atoms with Gasteiger partial charge in [-0.2, -0.15) is 0 Å². The Balaban J connectivity index is 1.22. The molecule has 6 fully saturated rings. The molecule has 9 atom stereocenters. The monoisotopic (exact) mass is 374 g/mol. The van der Waals surface area contributed by atoms with Gasteiger partial charge in [0.15, 0.2) is 0 Å². The van der Waals surface area contributed by atoms with Gasteiger partial charge in [-0.25, -0.2) is 0 Å². The van der Waals surface area contributed by atoms with Gasteiger partial charge in [0, 0.05) is 6.54 Å². The van der Waals surface area contributed by atoms with Gasteiger partial charge < -0.3 is 9.47 Å². The number of amides is 4. The van der Waals surface area contributed by atoms with Gasteiger partial charge in [0.25, 0.3) is 0 Å². The lowest BCUT2D eigenvalue weighted by Gasteiger charge is -2.28. The molecule has 6 aliphatic heterocycles. The van der Waals surface area contributed by atoms with E-state index >= 15 is 0 Å². The van der Waals surface area contributed by atoms with Crippen LogP contribution in [0.1, 0.15) is 32.6 Å². The number of ether oxygens (including phenoxy) is 2. The van der Waals surface area contributed by atoms with Crippen molar-refractivity contribution in [2.45, 2.75) is 63.1 Å². The highest BCUT2D eigenvalue weighted by atomic mass is 16.5. The molecule has 6 aliphatic rings. The van der Waals surface area contributed by atoms with Crippen LogP contribution >= 0.6 is 0 Å². The lowest BCUT2D eigenvalue weighted by Crippen LogP contribution is -2.49. The molecule has 0 N–H and O–H groups in total. The molecule has 0 spiro atoms. The van der Waals surface area contributed by atoms with Crippen molar-refractivity contribution in [2.75, 3.05) is 6.54 Å². The molecule has 0 aliphatic carbocycles. The first kappa shape index (κ1) is 16.2. The third-order valence-electron chi connectivity index (χ3n) is 7.58. The molecular weight excluding hydrogens is 352 g/mol. The summed E-state index contributed by atoms with van der Waals surface area (Å²) >= 11 is 0. The summed E-state index contributed by atoms with van der Waals surface area (Å²) < 4.78 is 11.5. The van der Waals surface area contributed by atoms with Crippen LogP contribution in [0.15, 0.2) is 0 Å². The molecule has 8 heteroatoms. The summed E-state index contributed by atoms with van der Waals surface area (Å²) in [5.74, 6) is -2.33. The predicted molar refractivity (Wildman–Crippen MR) is 87.8 cm³/mol. The zero-order chi connectivity index (χ0) is 18.6. The summed E-state index contributed by atoms with van der Waals surface area (Å²) in [5, 5.41) is 0. The van der Waals surface area contributed by atoms with Crippen molar-refractivity contribution >= 4 is 23.6 Å². The molecule has 4 amide bonds. The molecule has 8 nitrogen and oxygen atoms in total. The largest absolute Gasteiger partial charge is 0.373 e. The number of fused-ring (bicyclic) bond motifs is 10. The van der Waals surface area contributed by atoms with Crippen molar-refractivity contribution < 1.29 is 28.7 Å². The van der Waals surface area contributed by atoms with Crippen LogP contribution in [-0.2, 0) is 28.7 Å². The van der Waals surface area contributed by atoms with Gasteiger partial charge >= 0.3 is 0 Å². The average Bonchev–Trinajstić information content (AvgIpc) is 3.45. The Morgan fingerprint density at radius 1 is 0.741 bits per heavy atom. The number of rotatable bonds is 3. The van der Waals surface area contributed by atoms with Crippen LogP contribution in [0, 0.1) is 23.7 Å². The summed E-state index contributed by atoms with van der Waals surface area (Å²) in [5.41, 5.74) is 0. The van der Waals surface area contributed by atoms with E-state index in [1.165, 1.54) is 9.80 Å². The van der Waals surface area contributed by atoms with Crippen LogP contribution in [0.4, 0.5) is 0 Å². The Kier molecular flexibility index (Phi) is 3.10. The van der Waals surface area contributed by atoms with Crippen LogP contribution in [0.5, 0.6) is 0 Å². The Morgan fingerprint density at radius 2 is 1.11 bits per heavy atom. The van der Waals surface area contributed by atoms with E-state index in [2.05, 4.69) is 0 Å². The SMILES string of the molecule is CC(CN1C(=O)C2C3CCC(O3)C2C1=O)N1C(=O)C2C3CCC(O3)C2C1=O. The van der Waals surface area contributed by atoms with Gasteiger partial charge in [-0.3, -0.25) is 29.0 Å². The van der Waals surface area contributed by atoms with Crippen LogP contribution in [-0.4, -0.2) is 70.4 Å². The molecule has 0 aromatic rings. The minimum atomic E-state index is -0.514. The fraction of sp³-hybridized carbons (Fsp3) is 0.789. The molecule has 0 saturated carbocycles. The topological polar surface area (TPSA) is 93.2 Å². The summed E-state index contributed by atoms with van der Waals surface area (Å²) in [6.07, 6.45) is 2.67. The van der Waals surface area contributed by atoms with E-state index in [1.54, 1.807) is 6.92 Å². The number of nitrogens with zero attached hydrogens (tertiary/aromatic N) is 2. The molecule has 0 radical (unpaired) electrons. The van der Waals surface area contributed by atoms with E-state index in [0.29, 0.717) is 0 Å². The average molecular weight is 374 g/mol. The smallest absolute Gasteiger partial charge is 0.236 e. The van der Waals surface area contributed by atoms with Gasteiger partial charge in [0.05, 0.1) is 54.1 Å². The molecule has 144 valence electrons. The first-order chi connectivity index (χ1) is 13.0. The summed E-state index contributed by atoms with van der Waals surface area (Å²) in [6, 6.07) is -0.514. The number of carbonyl (C=O) groups excluding carboxylic acids is 4. The summed E-state index contributed by atoms with van der Waals surface area (Å²) in [6.45, 7) is 1.83. The Morgan fingerprint density at radius 3 is 1.52 bits per heavy atom. The molecule has 6 heterocycles. The van der Waals surface area contributed by atoms with Crippen molar-refractivity contribution in [3.63, 3.8) is 0 Å². The van der Waals surface area contributed by atoms with Crippen LogP contribution in [0.2, 0.25) is 0 Å². The second-order valence-corrected chi connectivity index (χ2v) is 8.87. The molecule has 4 bridgehead atoms. The maximum atomic E-state index is 12.9. The highest BCUT2D eigenvalue weighted by Gasteiger charge is 2.65. The van der Waals surface area contributed by atoms with Crippen LogP contribution < -0.4 is 0 Å². The van der Waals surface area contributed by atoms with E-state index in [9.17, 15) is 19.2 Å². The number of carbonyl (C=O) groups is 4. The summed E-state index contributed by atoms with van der Waals surface area (Å²) in [4.78, 5) is 54.0. The second-order valence-electron chi connectivity index (χ2n) is 8.87. The lowest BCUT2D eigenvalue weighted by molar-refractivity contribution is -0.150. The maximum Gasteiger partial charge on any atom is 0.236 e. The van der Waals surface area contributed by atoms with Crippen LogP contribution in [0.25, 0.3) is 0 Å². The Bertz CT molecular complexity index is 726. The zero-order valence-electron chi connectivity index (χ0n) is 15.1. The lowest BCUT2D eigenvalue weighted by atomic mass is 9.81. The summed E-state index contributed by atoms with van der Waals surface area (Å²) in [7, 11) is 0. The Hall–Kier alpha value is -1.80. The van der Waals surface area contributed by atoms with E-state index in [4.69, 9.17) is 9.47 Å². The van der Waals surface area contributed by atoms with Crippen molar-refractivity contribution in [1.29, 1.82) is 0 Å². The fourth-order valence-corrected chi connectivity index (χ4v) is 6.47. The molecule has 6 rings (SSSR count). The van der Waals surface area contributed by atoms with Crippen molar-refractivity contribution in [3.8, 4) is 0 Å². The highest BCUT2D eigenvalue weighted by Crippen LogP contribution is 2.50. The number of hydrogen-bond donors (Lipinski definition) is 0. The van der Waals surface area contributed by atoms with Crippen molar-refractivity contribution in [2.24, 2.45) is 23.7 Å². The third kappa shape index (κ3) is 1.85. The number of likely N-dealkylation sites (tertiary alicyclic amines) is 2. The fourth-order valence-electron chi connectivity index (χ4n) is 6.47. The molecule has 0 aromatic carbocycles. The Labute approximate surface area is 156 Å². The first-order valence-electron chi connectivity index (χ1n) is 10.0. The van der Waals surface area contributed by atoms with Crippen LogP contribution in [0.3, 0.4) is 0 Å². The second kappa shape index (κ2) is 5.17. The maximum absolute atomic E-state index is 12.9. The van der Waals surface area contributed by atoms with Gasteiger partial charge in [-0.05, 0) is 32.6 Å². The zero-order valence-corrected chi connectivity index (χ0v) is 15.1. The molecule has 9 unspecified atom stereocenters. The van der Waals surface area contributed by atoms with E-state index in [1.807, 2.05) is 0 Å². The van der Waals surface area contributed by atoms with Gasteiger partial charge in [0.1, 0.15) is 0 Å². The molecule has 6 saturated heterocycles. The normalized spacial score (nSPS) is 48.2. The van der Waals surface area contributed by atoms with E-state index in [-0.39, 0.29) is 78.3 Å². The standard InChI is InChI=1S/C19H22N2O6/c1-7(21-18(24)14-10-4-5-11(27-10)15(14)19(21)25)6-20-16(22)12-8-2-3-9(26-8)13(12)17(20)23/h7-15H,2-6H2,1H3. The quantitative estimate of drug-likeness (QED) is 0.630. The highest BCUT2D eigenvalue weighted by molar-refractivity contribution is 6.08. The first-order valence-corrected chi connectivity index (χ1v) is 10.0. The van der Waals surface area contributed by atoms with Gasteiger partial charge in [-0.1, -0.05) is 0 Å². The number of imide groups is 2. The minimum Gasteiger partial charge on any atom is -0.373 e. The van der Waals surface area contributed by atoms with Gasteiger partial charge in [-0.15, -0.1) is 0 Å². The minimum absolute atomic E-state index is 0.0806. The number of hydrogen-bond acceptors (Lipinski definition) is 6. The predicted octanol–water partition coefficient (Wildman–Crippen LogP) is -0.300. The van der Waals surface area contributed by atoms with Crippen molar-refractivity contribution in [1.82, 2.24) is 9.80 Å². The third-order valence-corrected chi connectivity index (χ3v) is 7.58. The van der Waals surface area contributed by atoms with Crippen molar-refractivity contribution in [3.05, 3.63) is 0 Å². The van der Waals surface area contributed by atoms with Gasteiger partial charge in [0.2, 0.25) is 23.6 Å².